The monoisotopic (exact) mass is 532 g/mol. The molecule has 0 aliphatic carbocycles. The summed E-state index contributed by atoms with van der Waals surface area (Å²) < 4.78 is 10.5. The highest BCUT2D eigenvalue weighted by atomic mass is 32.1. The molecule has 0 bridgehead atoms. The Hall–Kier alpha value is -4.23. The molecule has 3 rings (SSSR count). The highest BCUT2D eigenvalue weighted by Crippen LogP contribution is 2.32. The first kappa shape index (κ1) is 29.0. The van der Waals surface area contributed by atoms with Crippen molar-refractivity contribution in [3.63, 3.8) is 0 Å². The zero-order valence-electron chi connectivity index (χ0n) is 20.5. The van der Waals surface area contributed by atoms with E-state index in [1.165, 1.54) is 19.0 Å². The molecule has 198 valence electrons. The Morgan fingerprint density at radius 3 is 2.32 bits per heavy atom. The van der Waals surface area contributed by atoms with Crippen molar-refractivity contribution in [2.75, 3.05) is 12.4 Å². The first-order valence-corrected chi connectivity index (χ1v) is 12.1. The van der Waals surface area contributed by atoms with Gasteiger partial charge in [0.25, 0.3) is 5.56 Å². The number of carbonyl (C=O) groups is 3. The lowest BCUT2D eigenvalue weighted by atomic mass is 10.2. The Kier molecular flexibility index (Phi) is 11.3. The fourth-order valence-electron chi connectivity index (χ4n) is 2.81. The van der Waals surface area contributed by atoms with Crippen LogP contribution in [-0.2, 0) is 16.2 Å². The normalized spacial score (nSPS) is 10.1. The number of rotatable bonds is 10. The lowest BCUT2D eigenvalue weighted by Gasteiger charge is -2.11. The van der Waals surface area contributed by atoms with Crippen molar-refractivity contribution in [3.8, 4) is 22.2 Å². The minimum atomic E-state index is -1.46. The van der Waals surface area contributed by atoms with Crippen molar-refractivity contribution in [3.05, 3.63) is 57.3 Å². The number of anilines is 1. The summed E-state index contributed by atoms with van der Waals surface area (Å²) in [6, 6.07) is 8.36. The van der Waals surface area contributed by atoms with Crippen LogP contribution < -0.4 is 25.8 Å². The molecule has 2 heterocycles. The first-order chi connectivity index (χ1) is 17.7. The van der Waals surface area contributed by atoms with Crippen molar-refractivity contribution < 1.29 is 34.2 Å². The Morgan fingerprint density at radius 1 is 1.08 bits per heavy atom. The van der Waals surface area contributed by atoms with E-state index in [9.17, 15) is 24.3 Å². The second kappa shape index (κ2) is 14.4. The fourth-order valence-corrected chi connectivity index (χ4v) is 3.61. The van der Waals surface area contributed by atoms with Gasteiger partial charge in [0.1, 0.15) is 12.4 Å². The minimum absolute atomic E-state index is 0.0717. The molecule has 2 aromatic heterocycles. The summed E-state index contributed by atoms with van der Waals surface area (Å²) in [6.45, 7) is 4.18. The van der Waals surface area contributed by atoms with E-state index in [1.54, 1.807) is 35.7 Å². The third-order valence-electron chi connectivity index (χ3n) is 4.48. The average molecular weight is 533 g/mol. The van der Waals surface area contributed by atoms with Crippen molar-refractivity contribution in [1.29, 1.82) is 0 Å². The van der Waals surface area contributed by atoms with Crippen LogP contribution in [0.3, 0.4) is 0 Å². The lowest BCUT2D eigenvalue weighted by molar-refractivity contribution is -0.131. The van der Waals surface area contributed by atoms with Gasteiger partial charge in [-0.1, -0.05) is 32.4 Å². The van der Waals surface area contributed by atoms with Crippen LogP contribution in [0.2, 0.25) is 0 Å². The fraction of sp³-hybridized carbons (Fsp3) is 0.292. The molecule has 0 saturated carbocycles. The lowest BCUT2D eigenvalue weighted by Crippen LogP contribution is -2.21. The Balaban J connectivity index is 0.00000153. The zero-order chi connectivity index (χ0) is 27.4. The summed E-state index contributed by atoms with van der Waals surface area (Å²) >= 11 is 1.11. The number of thiophene rings is 1. The average Bonchev–Trinajstić information content (AvgIpc) is 3.34. The van der Waals surface area contributed by atoms with Gasteiger partial charge in [0, 0.05) is 12.8 Å². The second-order valence-electron chi connectivity index (χ2n) is 7.49. The summed E-state index contributed by atoms with van der Waals surface area (Å²) in [4.78, 5) is 54.5. The van der Waals surface area contributed by atoms with Crippen molar-refractivity contribution in [2.24, 2.45) is 0 Å². The topological polar surface area (TPSA) is 180 Å². The highest BCUT2D eigenvalue weighted by molar-refractivity contribution is 7.14. The number of aromatic carboxylic acids is 1. The molecular weight excluding hydrogens is 504 g/mol. The number of hydrogen-bond donors (Lipinski definition) is 5. The van der Waals surface area contributed by atoms with Crippen LogP contribution in [0.1, 0.15) is 49.2 Å². The third kappa shape index (κ3) is 8.44. The molecule has 1 aromatic carbocycles. The number of carboxylic acids is 1. The van der Waals surface area contributed by atoms with Crippen LogP contribution in [0.25, 0.3) is 10.7 Å². The molecule has 0 aliphatic heterocycles. The Bertz CT molecular complexity index is 1270. The number of ether oxygens (including phenoxy) is 2. The van der Waals surface area contributed by atoms with Gasteiger partial charge in [-0.05, 0) is 29.1 Å². The van der Waals surface area contributed by atoms with Crippen LogP contribution in [0.4, 0.5) is 5.69 Å². The molecule has 0 radical (unpaired) electrons. The van der Waals surface area contributed by atoms with E-state index in [0.717, 1.165) is 11.3 Å². The number of amides is 2. The highest BCUT2D eigenvalue weighted by Gasteiger charge is 2.22. The number of nitrogens with one attached hydrogen (secondary N) is 3. The van der Waals surface area contributed by atoms with Crippen molar-refractivity contribution in [2.45, 2.75) is 39.7 Å². The summed E-state index contributed by atoms with van der Waals surface area (Å²) in [7, 11) is 1.53. The molecule has 5 N–H and O–H groups in total. The first-order valence-electron chi connectivity index (χ1n) is 11.2. The molecule has 13 heteroatoms. The van der Waals surface area contributed by atoms with Crippen LogP contribution in [0, 0.1) is 0 Å². The SMILES string of the molecule is CCC.COc1ccc(COc2c(C(=O)O)nc(-c3sccc3NC(=O)CCC(=O)NO)[nH]c2=O)cc1. The second-order valence-corrected chi connectivity index (χ2v) is 8.40. The number of carbonyl (C=O) groups excluding carboxylic acids is 2. The van der Waals surface area contributed by atoms with Crippen LogP contribution >= 0.6 is 11.3 Å². The van der Waals surface area contributed by atoms with E-state index in [0.29, 0.717) is 16.2 Å². The number of H-pyrrole nitrogens is 1. The Morgan fingerprint density at radius 2 is 1.73 bits per heavy atom. The van der Waals surface area contributed by atoms with E-state index in [1.807, 2.05) is 0 Å². The molecule has 0 unspecified atom stereocenters. The van der Waals surface area contributed by atoms with E-state index in [4.69, 9.17) is 14.7 Å². The van der Waals surface area contributed by atoms with Crippen molar-refractivity contribution in [1.82, 2.24) is 15.4 Å². The summed E-state index contributed by atoms with van der Waals surface area (Å²) in [5.74, 6) is -2.60. The number of carboxylic acid groups (broad SMARTS) is 1. The van der Waals surface area contributed by atoms with Crippen LogP contribution in [-0.4, -0.2) is 45.2 Å². The van der Waals surface area contributed by atoms with Gasteiger partial charge in [-0.3, -0.25) is 19.6 Å². The van der Waals surface area contributed by atoms with Gasteiger partial charge in [-0.25, -0.2) is 15.3 Å². The van der Waals surface area contributed by atoms with Gasteiger partial charge in [0.15, 0.2) is 11.5 Å². The number of benzene rings is 1. The molecule has 0 spiro atoms. The van der Waals surface area contributed by atoms with Crippen molar-refractivity contribution >= 4 is 34.8 Å². The standard InChI is InChI=1S/C21H20N4O8S.C3H8/c1-32-12-4-2-11(3-5-12)10-33-17-16(21(29)30)23-19(24-20(17)28)18-13(8-9-34-18)22-14(26)6-7-15(27)25-31;1-3-2/h2-5,8-9,31H,6-7,10H2,1H3,(H,22,26)(H,25,27)(H,29,30)(H,23,24,28);3H2,1-2H3. The predicted molar refractivity (Wildman–Crippen MR) is 136 cm³/mol. The molecule has 12 nitrogen and oxygen atoms in total. The van der Waals surface area contributed by atoms with Crippen LogP contribution in [0.5, 0.6) is 11.5 Å². The number of aromatic amines is 1. The maximum Gasteiger partial charge on any atom is 0.358 e. The summed E-state index contributed by atoms with van der Waals surface area (Å²) in [5, 5.41) is 22.3. The smallest absolute Gasteiger partial charge is 0.358 e. The maximum absolute atomic E-state index is 12.7. The molecule has 37 heavy (non-hydrogen) atoms. The number of hydroxylamine groups is 1. The molecule has 2 amide bonds. The summed E-state index contributed by atoms with van der Waals surface area (Å²) in [5.41, 5.74) is 0.989. The van der Waals surface area contributed by atoms with Gasteiger partial charge in [-0.15, -0.1) is 11.3 Å². The Labute approximate surface area is 216 Å². The molecule has 0 saturated heterocycles. The van der Waals surface area contributed by atoms with Gasteiger partial charge >= 0.3 is 5.97 Å². The maximum atomic E-state index is 12.7. The van der Waals surface area contributed by atoms with E-state index in [2.05, 4.69) is 29.1 Å². The number of methoxy groups -OCH3 is 1. The van der Waals surface area contributed by atoms with Gasteiger partial charge in [0.2, 0.25) is 17.6 Å². The number of hydrogen-bond acceptors (Lipinski definition) is 9. The summed E-state index contributed by atoms with van der Waals surface area (Å²) in [6.07, 6.45) is 0.810. The number of nitrogens with zero attached hydrogens (tertiary/aromatic N) is 1. The van der Waals surface area contributed by atoms with Gasteiger partial charge in [-0.2, -0.15) is 0 Å². The van der Waals surface area contributed by atoms with Gasteiger partial charge in [0.05, 0.1) is 17.7 Å². The van der Waals surface area contributed by atoms with E-state index >= 15 is 0 Å². The molecule has 0 aliphatic rings. The molecule has 3 aromatic rings. The number of aromatic nitrogens is 2. The molecular formula is C24H28N4O8S. The quantitative estimate of drug-likeness (QED) is 0.193. The zero-order valence-corrected chi connectivity index (χ0v) is 21.3. The molecule has 0 atom stereocenters. The van der Waals surface area contributed by atoms with E-state index < -0.39 is 34.8 Å². The minimum Gasteiger partial charge on any atom is -0.497 e. The predicted octanol–water partition coefficient (Wildman–Crippen LogP) is 3.42. The van der Waals surface area contributed by atoms with Gasteiger partial charge < -0.3 is 24.9 Å². The molecule has 0 fully saturated rings. The third-order valence-corrected chi connectivity index (χ3v) is 5.40. The van der Waals surface area contributed by atoms with E-state index in [-0.39, 0.29) is 31.0 Å². The van der Waals surface area contributed by atoms with Crippen LogP contribution in [0.15, 0.2) is 40.5 Å². The largest absolute Gasteiger partial charge is 0.497 e.